The Hall–Kier alpha value is -2.68. The number of tetrazole rings is 1. The third-order valence-electron chi connectivity index (χ3n) is 2.42. The van der Waals surface area contributed by atoms with E-state index in [2.05, 4.69) is 20.4 Å². The van der Waals surface area contributed by atoms with Gasteiger partial charge in [-0.15, -0.1) is 10.2 Å². The van der Waals surface area contributed by atoms with Crippen LogP contribution >= 0.6 is 0 Å². The molecule has 1 aromatic heterocycles. The fourth-order valence-electron chi connectivity index (χ4n) is 1.49. The van der Waals surface area contributed by atoms with Crippen LogP contribution in [-0.4, -0.2) is 43.0 Å². The van der Waals surface area contributed by atoms with Gasteiger partial charge in [0.15, 0.2) is 0 Å². The van der Waals surface area contributed by atoms with Crippen LogP contribution in [0.25, 0.3) is 0 Å². The maximum absolute atomic E-state index is 10.6. The lowest BCUT2D eigenvalue weighted by Gasteiger charge is -2.00. The van der Waals surface area contributed by atoms with Gasteiger partial charge in [0, 0.05) is 18.3 Å². The van der Waals surface area contributed by atoms with E-state index in [0.717, 1.165) is 0 Å². The van der Waals surface area contributed by atoms with E-state index in [9.17, 15) is 15.2 Å². The Bertz CT molecular complexity index is 639. The molecule has 0 aliphatic heterocycles. The van der Waals surface area contributed by atoms with Crippen LogP contribution in [-0.2, 0) is 7.05 Å². The Morgan fingerprint density at radius 1 is 1.60 bits per heavy atom. The standard InChI is InChI=1S/C11H12N6O3/c1-16-14-11(13-15-16)10(18)7-12-6-8-3-2-4-9(5-8)17(19)20/h2-6,10,18H,7H2,1H3/t10-/m1/s1. The predicted molar refractivity (Wildman–Crippen MR) is 69.3 cm³/mol. The molecule has 0 aliphatic rings. The van der Waals surface area contributed by atoms with Crippen LogP contribution < -0.4 is 0 Å². The highest BCUT2D eigenvalue weighted by Gasteiger charge is 2.12. The first-order chi connectivity index (χ1) is 9.56. The molecule has 20 heavy (non-hydrogen) atoms. The Morgan fingerprint density at radius 3 is 3.05 bits per heavy atom. The SMILES string of the molecule is Cn1nnc([C@H](O)CN=Cc2cccc([N+](=O)[O-])c2)n1. The zero-order valence-corrected chi connectivity index (χ0v) is 10.6. The lowest BCUT2D eigenvalue weighted by atomic mass is 10.2. The molecule has 0 unspecified atom stereocenters. The maximum Gasteiger partial charge on any atom is 0.270 e. The van der Waals surface area contributed by atoms with Crippen molar-refractivity contribution in [2.45, 2.75) is 6.10 Å². The van der Waals surface area contributed by atoms with Crippen LogP contribution in [0, 0.1) is 10.1 Å². The second kappa shape index (κ2) is 5.97. The minimum Gasteiger partial charge on any atom is -0.383 e. The molecule has 2 aromatic rings. The molecule has 0 saturated carbocycles. The van der Waals surface area contributed by atoms with Gasteiger partial charge in [-0.3, -0.25) is 15.1 Å². The first kappa shape index (κ1) is 13.7. The van der Waals surface area contributed by atoms with Crippen molar-refractivity contribution in [2.75, 3.05) is 6.54 Å². The highest BCUT2D eigenvalue weighted by atomic mass is 16.6. The van der Waals surface area contributed by atoms with E-state index in [1.165, 1.54) is 23.1 Å². The molecule has 0 radical (unpaired) electrons. The van der Waals surface area contributed by atoms with Gasteiger partial charge < -0.3 is 5.11 Å². The van der Waals surface area contributed by atoms with Gasteiger partial charge in [-0.1, -0.05) is 12.1 Å². The number of non-ortho nitro benzene ring substituents is 1. The van der Waals surface area contributed by atoms with Crippen molar-refractivity contribution in [2.24, 2.45) is 12.0 Å². The molecule has 0 spiro atoms. The van der Waals surface area contributed by atoms with Gasteiger partial charge in [0.25, 0.3) is 5.69 Å². The molecular weight excluding hydrogens is 264 g/mol. The number of nitro benzene ring substituents is 1. The van der Waals surface area contributed by atoms with E-state index in [4.69, 9.17) is 0 Å². The minimum absolute atomic E-state index is 0.00917. The Labute approximate surface area is 113 Å². The van der Waals surface area contributed by atoms with E-state index in [0.29, 0.717) is 5.56 Å². The number of nitrogens with zero attached hydrogens (tertiary/aromatic N) is 6. The molecule has 1 atom stereocenters. The van der Waals surface area contributed by atoms with Crippen LogP contribution in [0.15, 0.2) is 29.3 Å². The molecule has 1 aromatic carbocycles. The van der Waals surface area contributed by atoms with Gasteiger partial charge in [0.1, 0.15) is 6.10 Å². The van der Waals surface area contributed by atoms with Crippen LogP contribution in [0.3, 0.4) is 0 Å². The summed E-state index contributed by atoms with van der Waals surface area (Å²) in [5.41, 5.74) is 0.573. The number of aliphatic hydroxyl groups is 1. The van der Waals surface area contributed by atoms with Crippen LogP contribution in [0.2, 0.25) is 0 Å². The zero-order chi connectivity index (χ0) is 14.5. The highest BCUT2D eigenvalue weighted by molar-refractivity contribution is 5.80. The molecule has 1 N–H and O–H groups in total. The predicted octanol–water partition coefficient (Wildman–Crippen LogP) is 0.271. The molecule has 0 amide bonds. The van der Waals surface area contributed by atoms with E-state index < -0.39 is 11.0 Å². The summed E-state index contributed by atoms with van der Waals surface area (Å²) in [5, 5.41) is 31.5. The normalized spacial score (nSPS) is 12.7. The van der Waals surface area contributed by atoms with Crippen LogP contribution in [0.5, 0.6) is 0 Å². The number of hydrogen-bond donors (Lipinski definition) is 1. The molecule has 0 saturated heterocycles. The third kappa shape index (κ3) is 3.42. The average Bonchev–Trinajstić information content (AvgIpc) is 2.86. The number of aliphatic imine (C=N–C) groups is 1. The van der Waals surface area contributed by atoms with Gasteiger partial charge in [-0.25, -0.2) is 0 Å². The van der Waals surface area contributed by atoms with Crippen molar-refractivity contribution in [1.82, 2.24) is 20.2 Å². The van der Waals surface area contributed by atoms with Crippen molar-refractivity contribution in [3.63, 3.8) is 0 Å². The molecule has 0 fully saturated rings. The molecule has 9 nitrogen and oxygen atoms in total. The van der Waals surface area contributed by atoms with Crippen LogP contribution in [0.1, 0.15) is 17.5 Å². The van der Waals surface area contributed by atoms with Gasteiger partial charge in [-0.2, -0.15) is 4.80 Å². The van der Waals surface area contributed by atoms with Gasteiger partial charge >= 0.3 is 0 Å². The molecular formula is C11H12N6O3. The first-order valence-corrected chi connectivity index (χ1v) is 5.72. The first-order valence-electron chi connectivity index (χ1n) is 5.72. The zero-order valence-electron chi connectivity index (χ0n) is 10.6. The van der Waals surface area contributed by atoms with E-state index in [1.807, 2.05) is 0 Å². The number of hydrogen-bond acceptors (Lipinski definition) is 7. The summed E-state index contributed by atoms with van der Waals surface area (Å²) in [6.45, 7) is 0.0500. The number of nitro groups is 1. The second-order valence-corrected chi connectivity index (χ2v) is 4.00. The Kier molecular flexibility index (Phi) is 4.11. The summed E-state index contributed by atoms with van der Waals surface area (Å²) >= 11 is 0. The van der Waals surface area contributed by atoms with Crippen molar-refractivity contribution in [3.05, 3.63) is 45.8 Å². The van der Waals surface area contributed by atoms with Crippen molar-refractivity contribution in [3.8, 4) is 0 Å². The van der Waals surface area contributed by atoms with Gasteiger partial charge in [0.05, 0.1) is 18.5 Å². The Balaban J connectivity index is 1.99. The molecule has 9 heteroatoms. The lowest BCUT2D eigenvalue weighted by molar-refractivity contribution is -0.384. The summed E-state index contributed by atoms with van der Waals surface area (Å²) < 4.78 is 0. The number of aliphatic hydroxyl groups excluding tert-OH is 1. The van der Waals surface area contributed by atoms with Gasteiger partial charge in [0.2, 0.25) is 5.82 Å². The third-order valence-corrected chi connectivity index (χ3v) is 2.42. The fraction of sp³-hybridized carbons (Fsp3) is 0.273. The number of aromatic nitrogens is 4. The highest BCUT2D eigenvalue weighted by Crippen LogP contribution is 2.12. The lowest BCUT2D eigenvalue weighted by Crippen LogP contribution is -2.05. The smallest absolute Gasteiger partial charge is 0.270 e. The summed E-state index contributed by atoms with van der Waals surface area (Å²) in [5.74, 6) is 0.184. The average molecular weight is 276 g/mol. The molecule has 0 bridgehead atoms. The topological polar surface area (TPSA) is 119 Å². The van der Waals surface area contributed by atoms with E-state index >= 15 is 0 Å². The number of rotatable bonds is 5. The van der Waals surface area contributed by atoms with Crippen molar-refractivity contribution < 1.29 is 10.0 Å². The van der Waals surface area contributed by atoms with Crippen LogP contribution in [0.4, 0.5) is 5.69 Å². The molecule has 0 aliphatic carbocycles. The largest absolute Gasteiger partial charge is 0.383 e. The van der Waals surface area contributed by atoms with E-state index in [1.54, 1.807) is 19.2 Å². The fourth-order valence-corrected chi connectivity index (χ4v) is 1.49. The minimum atomic E-state index is -0.960. The van der Waals surface area contributed by atoms with Gasteiger partial charge in [-0.05, 0) is 10.8 Å². The quantitative estimate of drug-likeness (QED) is 0.475. The summed E-state index contributed by atoms with van der Waals surface area (Å²) in [7, 11) is 1.59. The monoisotopic (exact) mass is 276 g/mol. The summed E-state index contributed by atoms with van der Waals surface area (Å²) in [6.07, 6.45) is 0.491. The van der Waals surface area contributed by atoms with Crippen molar-refractivity contribution >= 4 is 11.9 Å². The maximum atomic E-state index is 10.6. The molecule has 2 rings (SSSR count). The van der Waals surface area contributed by atoms with E-state index in [-0.39, 0.29) is 18.1 Å². The number of aryl methyl sites for hydroxylation is 1. The molecule has 1 heterocycles. The molecule has 104 valence electrons. The summed E-state index contributed by atoms with van der Waals surface area (Å²) in [4.78, 5) is 15.4. The Morgan fingerprint density at radius 2 is 2.40 bits per heavy atom. The number of benzene rings is 1. The van der Waals surface area contributed by atoms with Crippen molar-refractivity contribution in [1.29, 1.82) is 0 Å². The summed E-state index contributed by atoms with van der Waals surface area (Å²) in [6, 6.07) is 6.05. The second-order valence-electron chi connectivity index (χ2n) is 4.00.